The normalized spacial score (nSPS) is 11.2. The van der Waals surface area contributed by atoms with Gasteiger partial charge in [-0.2, -0.15) is 0 Å². The summed E-state index contributed by atoms with van der Waals surface area (Å²) in [6.07, 6.45) is 7.07. The molecule has 0 saturated carbocycles. The highest BCUT2D eigenvalue weighted by Gasteiger charge is 2.16. The molecule has 0 fully saturated rings. The van der Waals surface area contributed by atoms with E-state index >= 15 is 0 Å². The molecule has 3 aromatic heterocycles. The molecule has 0 unspecified atom stereocenters. The number of fused-ring (bicyclic) bond motifs is 1. The summed E-state index contributed by atoms with van der Waals surface area (Å²) in [5, 5.41) is 1.32. The zero-order valence-electron chi connectivity index (χ0n) is 17.4. The van der Waals surface area contributed by atoms with Gasteiger partial charge < -0.3 is 0 Å². The van der Waals surface area contributed by atoms with Gasteiger partial charge in [0.2, 0.25) is 0 Å². The lowest BCUT2D eigenvalue weighted by molar-refractivity contribution is 0.516. The molecule has 0 amide bonds. The Morgan fingerprint density at radius 2 is 1.62 bits per heavy atom. The smallest absolute Gasteiger partial charge is 0.274 e. The van der Waals surface area contributed by atoms with E-state index in [4.69, 9.17) is 11.6 Å². The minimum absolute atomic E-state index is 0.0458. The molecule has 5 aromatic rings. The fraction of sp³-hybridized carbons (Fsp3) is 0.120. The van der Waals surface area contributed by atoms with Crippen molar-refractivity contribution >= 4 is 22.5 Å². The molecule has 158 valence electrons. The van der Waals surface area contributed by atoms with Crippen LogP contribution < -0.4 is 5.56 Å². The predicted octanol–water partition coefficient (Wildman–Crippen LogP) is 4.71. The Morgan fingerprint density at radius 1 is 0.875 bits per heavy atom. The van der Waals surface area contributed by atoms with Crippen LogP contribution in [-0.4, -0.2) is 24.3 Å². The summed E-state index contributed by atoms with van der Waals surface area (Å²) in [6.45, 7) is 2.76. The van der Waals surface area contributed by atoms with E-state index in [2.05, 4.69) is 15.0 Å². The van der Waals surface area contributed by atoms with Gasteiger partial charge in [-0.25, -0.2) is 14.6 Å². The summed E-state index contributed by atoms with van der Waals surface area (Å²) in [5.74, 6) is 0.717. The molecule has 0 aliphatic heterocycles. The molecule has 7 heteroatoms. The van der Waals surface area contributed by atoms with Gasteiger partial charge in [-0.05, 0) is 53.9 Å². The van der Waals surface area contributed by atoms with Gasteiger partial charge in [0.1, 0.15) is 5.82 Å². The summed E-state index contributed by atoms with van der Waals surface area (Å²) >= 11 is 6.46. The first-order valence-corrected chi connectivity index (χ1v) is 10.6. The highest BCUT2D eigenvalue weighted by molar-refractivity contribution is 6.31. The van der Waals surface area contributed by atoms with Crippen molar-refractivity contribution in [2.75, 3.05) is 0 Å². The van der Waals surface area contributed by atoms with E-state index in [9.17, 15) is 4.79 Å². The SMILES string of the molecule is Cc1ncc(-c2ccc3c(=O)n(Cc4ccncc4)n(Cc4ccccc4Cl)c3c2)cn1. The molecule has 6 nitrogen and oxygen atoms in total. The molecule has 5 rings (SSSR count). The van der Waals surface area contributed by atoms with E-state index < -0.39 is 0 Å². The Kier molecular flexibility index (Phi) is 5.29. The Balaban J connectivity index is 1.70. The van der Waals surface area contributed by atoms with Crippen molar-refractivity contribution in [3.63, 3.8) is 0 Å². The molecule has 0 atom stereocenters. The summed E-state index contributed by atoms with van der Waals surface area (Å²) < 4.78 is 3.76. The number of benzene rings is 2. The first-order valence-electron chi connectivity index (χ1n) is 10.2. The highest BCUT2D eigenvalue weighted by Crippen LogP contribution is 2.25. The standard InChI is InChI=1S/C25H20ClN5O/c1-17-28-13-21(14-29-17)19-6-7-22-24(12-19)30(16-20-4-2-3-5-23(20)26)31(25(22)32)15-18-8-10-27-11-9-18/h2-14H,15-16H2,1H3. The van der Waals surface area contributed by atoms with Gasteiger partial charge in [0, 0.05) is 35.4 Å². The second-order valence-corrected chi connectivity index (χ2v) is 8.03. The van der Waals surface area contributed by atoms with Crippen LogP contribution in [0.5, 0.6) is 0 Å². The number of nitrogens with zero attached hydrogens (tertiary/aromatic N) is 5. The third-order valence-corrected chi connectivity index (χ3v) is 5.87. The van der Waals surface area contributed by atoms with E-state index in [-0.39, 0.29) is 5.56 Å². The number of halogens is 1. The number of hydrogen-bond acceptors (Lipinski definition) is 4. The van der Waals surface area contributed by atoms with Gasteiger partial charge in [-0.15, -0.1) is 0 Å². The Morgan fingerprint density at radius 3 is 2.38 bits per heavy atom. The Labute approximate surface area is 189 Å². The van der Waals surface area contributed by atoms with E-state index in [0.717, 1.165) is 27.8 Å². The van der Waals surface area contributed by atoms with Crippen LogP contribution >= 0.6 is 11.6 Å². The molecule has 32 heavy (non-hydrogen) atoms. The topological polar surface area (TPSA) is 65.6 Å². The lowest BCUT2D eigenvalue weighted by atomic mass is 10.1. The molecule has 0 aliphatic rings. The summed E-state index contributed by atoms with van der Waals surface area (Å²) in [4.78, 5) is 26.1. The van der Waals surface area contributed by atoms with Crippen molar-refractivity contribution in [3.05, 3.63) is 112 Å². The number of rotatable bonds is 5. The molecule has 0 saturated heterocycles. The van der Waals surface area contributed by atoms with E-state index in [1.165, 1.54) is 0 Å². The molecule has 0 radical (unpaired) electrons. The summed E-state index contributed by atoms with van der Waals surface area (Å²) in [6, 6.07) is 17.4. The van der Waals surface area contributed by atoms with Crippen LogP contribution in [0, 0.1) is 6.92 Å². The van der Waals surface area contributed by atoms with Crippen molar-refractivity contribution < 1.29 is 0 Å². The molecule has 0 aliphatic carbocycles. The van der Waals surface area contributed by atoms with Crippen molar-refractivity contribution in [3.8, 4) is 11.1 Å². The molecule has 3 heterocycles. The molecule has 2 aromatic carbocycles. The molecular weight excluding hydrogens is 422 g/mol. The highest BCUT2D eigenvalue weighted by atomic mass is 35.5. The average molecular weight is 442 g/mol. The van der Waals surface area contributed by atoms with E-state index in [1.807, 2.05) is 66.2 Å². The van der Waals surface area contributed by atoms with Gasteiger partial charge >= 0.3 is 0 Å². The summed E-state index contributed by atoms with van der Waals surface area (Å²) in [7, 11) is 0. The monoisotopic (exact) mass is 441 g/mol. The second-order valence-electron chi connectivity index (χ2n) is 7.62. The lowest BCUT2D eigenvalue weighted by Crippen LogP contribution is -2.24. The predicted molar refractivity (Wildman–Crippen MR) is 126 cm³/mol. The van der Waals surface area contributed by atoms with Crippen LogP contribution in [0.25, 0.3) is 22.0 Å². The maximum atomic E-state index is 13.4. The van der Waals surface area contributed by atoms with Crippen molar-refractivity contribution in [1.29, 1.82) is 0 Å². The van der Waals surface area contributed by atoms with Crippen LogP contribution in [-0.2, 0) is 13.1 Å². The van der Waals surface area contributed by atoms with Gasteiger partial charge in [0.05, 0.1) is 24.0 Å². The minimum atomic E-state index is -0.0458. The number of aromatic nitrogens is 5. The summed E-state index contributed by atoms with van der Waals surface area (Å²) in [5.41, 5.74) is 4.58. The largest absolute Gasteiger partial charge is 0.277 e. The first kappa shape index (κ1) is 20.2. The molecule has 0 bridgehead atoms. The van der Waals surface area contributed by atoms with Crippen molar-refractivity contribution in [1.82, 2.24) is 24.3 Å². The van der Waals surface area contributed by atoms with Gasteiger partial charge in [-0.3, -0.25) is 14.5 Å². The van der Waals surface area contributed by atoms with Crippen LogP contribution in [0.15, 0.2) is 84.2 Å². The zero-order valence-corrected chi connectivity index (χ0v) is 18.2. The number of aryl methyl sites for hydroxylation is 1. The number of hydrogen-bond donors (Lipinski definition) is 0. The Hall–Kier alpha value is -3.77. The third kappa shape index (κ3) is 3.81. The van der Waals surface area contributed by atoms with Crippen molar-refractivity contribution in [2.24, 2.45) is 0 Å². The minimum Gasteiger partial charge on any atom is -0.277 e. The first-order chi connectivity index (χ1) is 15.6. The van der Waals surface area contributed by atoms with Crippen LogP contribution in [0.4, 0.5) is 0 Å². The van der Waals surface area contributed by atoms with Crippen molar-refractivity contribution in [2.45, 2.75) is 20.0 Å². The second kappa shape index (κ2) is 8.40. The third-order valence-electron chi connectivity index (χ3n) is 5.51. The van der Waals surface area contributed by atoms with Gasteiger partial charge in [-0.1, -0.05) is 35.9 Å². The number of pyridine rings is 1. The van der Waals surface area contributed by atoms with Gasteiger partial charge in [0.15, 0.2) is 0 Å². The van der Waals surface area contributed by atoms with Crippen LogP contribution in [0.3, 0.4) is 0 Å². The maximum Gasteiger partial charge on any atom is 0.274 e. The van der Waals surface area contributed by atoms with Crippen LogP contribution in [0.1, 0.15) is 17.0 Å². The average Bonchev–Trinajstić information content (AvgIpc) is 3.07. The van der Waals surface area contributed by atoms with Crippen LogP contribution in [0.2, 0.25) is 5.02 Å². The maximum absolute atomic E-state index is 13.4. The zero-order chi connectivity index (χ0) is 22.1. The molecular formula is C25H20ClN5O. The van der Waals surface area contributed by atoms with E-state index in [1.54, 1.807) is 29.5 Å². The Bertz CT molecular complexity index is 1460. The van der Waals surface area contributed by atoms with Gasteiger partial charge in [0.25, 0.3) is 5.56 Å². The van der Waals surface area contributed by atoms with E-state index in [0.29, 0.717) is 29.3 Å². The quantitative estimate of drug-likeness (QED) is 0.396. The fourth-order valence-corrected chi connectivity index (χ4v) is 4.00. The molecule has 0 N–H and O–H groups in total. The fourth-order valence-electron chi connectivity index (χ4n) is 3.80. The lowest BCUT2D eigenvalue weighted by Gasteiger charge is -2.14. The molecule has 0 spiro atoms.